The van der Waals surface area contributed by atoms with Gasteiger partial charge in [0.15, 0.2) is 5.69 Å². The van der Waals surface area contributed by atoms with Crippen molar-refractivity contribution in [2.45, 2.75) is 39.5 Å². The molecular weight excluding hydrogens is 373 g/mol. The molecule has 1 unspecified atom stereocenters. The standard InChI is InChI=1S/C18H19F3N6O/c1-11-6-4-5-7-14(11)9-26-10-22-17(25-26)23-16(28)13(3)27-12(2)8-15(24-27)18(19,20)21/h4-8,10,13H,9H2,1-3H3,(H,23,25,28). The Labute approximate surface area is 159 Å². The molecule has 0 aliphatic carbocycles. The van der Waals surface area contributed by atoms with E-state index in [1.54, 1.807) is 4.68 Å². The Bertz CT molecular complexity index is 991. The van der Waals surface area contributed by atoms with Crippen LogP contribution in [0, 0.1) is 13.8 Å². The van der Waals surface area contributed by atoms with Gasteiger partial charge in [-0.05, 0) is 38.0 Å². The van der Waals surface area contributed by atoms with Gasteiger partial charge in [0, 0.05) is 5.69 Å². The van der Waals surface area contributed by atoms with Gasteiger partial charge in [0.2, 0.25) is 5.95 Å². The fraction of sp³-hybridized carbons (Fsp3) is 0.333. The van der Waals surface area contributed by atoms with Gasteiger partial charge in [-0.15, -0.1) is 5.10 Å². The molecule has 0 aliphatic rings. The summed E-state index contributed by atoms with van der Waals surface area (Å²) in [5, 5.41) is 10.2. The van der Waals surface area contributed by atoms with E-state index in [4.69, 9.17) is 0 Å². The molecule has 2 heterocycles. The van der Waals surface area contributed by atoms with Gasteiger partial charge in [0.25, 0.3) is 5.91 Å². The van der Waals surface area contributed by atoms with Crippen molar-refractivity contribution in [3.63, 3.8) is 0 Å². The third-order valence-electron chi connectivity index (χ3n) is 4.32. The fourth-order valence-corrected chi connectivity index (χ4v) is 2.73. The predicted octanol–water partition coefficient (Wildman–Crippen LogP) is 3.36. The van der Waals surface area contributed by atoms with E-state index < -0.39 is 23.8 Å². The molecule has 2 aromatic heterocycles. The number of hydrogen-bond donors (Lipinski definition) is 1. The summed E-state index contributed by atoms with van der Waals surface area (Å²) >= 11 is 0. The topological polar surface area (TPSA) is 77.6 Å². The van der Waals surface area contributed by atoms with Crippen molar-refractivity contribution in [3.8, 4) is 0 Å². The van der Waals surface area contributed by atoms with E-state index in [-0.39, 0.29) is 11.6 Å². The average Bonchev–Trinajstić information content (AvgIpc) is 3.22. The van der Waals surface area contributed by atoms with Crippen molar-refractivity contribution in [2.24, 2.45) is 0 Å². The number of nitrogens with one attached hydrogen (secondary N) is 1. The summed E-state index contributed by atoms with van der Waals surface area (Å²) < 4.78 is 41.0. The van der Waals surface area contributed by atoms with Gasteiger partial charge >= 0.3 is 6.18 Å². The van der Waals surface area contributed by atoms with Gasteiger partial charge in [-0.25, -0.2) is 9.67 Å². The Balaban J connectivity index is 1.69. The summed E-state index contributed by atoms with van der Waals surface area (Å²) in [5.41, 5.74) is 1.36. The maximum Gasteiger partial charge on any atom is 0.435 e. The van der Waals surface area contributed by atoms with Gasteiger partial charge in [-0.2, -0.15) is 18.3 Å². The minimum absolute atomic E-state index is 0.0753. The van der Waals surface area contributed by atoms with Crippen LogP contribution in [0.25, 0.3) is 0 Å². The lowest BCUT2D eigenvalue weighted by molar-refractivity contribution is -0.141. The van der Waals surface area contributed by atoms with Crippen molar-refractivity contribution < 1.29 is 18.0 Å². The number of aromatic nitrogens is 5. The van der Waals surface area contributed by atoms with E-state index >= 15 is 0 Å². The van der Waals surface area contributed by atoms with Crippen LogP contribution in [-0.4, -0.2) is 30.5 Å². The second-order valence-corrected chi connectivity index (χ2v) is 6.47. The van der Waals surface area contributed by atoms with Crippen molar-refractivity contribution in [2.75, 3.05) is 5.32 Å². The van der Waals surface area contributed by atoms with Crippen LogP contribution in [0.1, 0.15) is 35.5 Å². The monoisotopic (exact) mass is 392 g/mol. The molecule has 0 spiro atoms. The van der Waals surface area contributed by atoms with E-state index in [1.165, 1.54) is 20.2 Å². The molecule has 0 radical (unpaired) electrons. The Morgan fingerprint density at radius 2 is 1.93 bits per heavy atom. The Hall–Kier alpha value is -3.17. The highest BCUT2D eigenvalue weighted by Gasteiger charge is 2.35. The van der Waals surface area contributed by atoms with Crippen molar-refractivity contribution in [3.05, 3.63) is 59.2 Å². The van der Waals surface area contributed by atoms with E-state index in [1.807, 2.05) is 31.2 Å². The summed E-state index contributed by atoms with van der Waals surface area (Å²) in [6.07, 6.45) is -3.09. The van der Waals surface area contributed by atoms with Gasteiger partial charge in [0.05, 0.1) is 6.54 Å². The minimum Gasteiger partial charge on any atom is -0.291 e. The third-order valence-corrected chi connectivity index (χ3v) is 4.32. The van der Waals surface area contributed by atoms with Gasteiger partial charge in [-0.1, -0.05) is 24.3 Å². The van der Waals surface area contributed by atoms with E-state index in [2.05, 4.69) is 20.5 Å². The number of amides is 1. The number of carbonyl (C=O) groups is 1. The molecule has 10 heteroatoms. The zero-order valence-electron chi connectivity index (χ0n) is 15.5. The normalized spacial score (nSPS) is 12.8. The Morgan fingerprint density at radius 3 is 2.57 bits per heavy atom. The smallest absolute Gasteiger partial charge is 0.291 e. The highest BCUT2D eigenvalue weighted by Crippen LogP contribution is 2.29. The van der Waals surface area contributed by atoms with Crippen LogP contribution in [0.4, 0.5) is 19.1 Å². The summed E-state index contributed by atoms with van der Waals surface area (Å²) in [5.74, 6) is -0.486. The largest absolute Gasteiger partial charge is 0.435 e. The molecule has 0 fully saturated rings. The van der Waals surface area contributed by atoms with E-state index in [0.29, 0.717) is 6.54 Å². The van der Waals surface area contributed by atoms with Crippen molar-refractivity contribution in [1.29, 1.82) is 0 Å². The summed E-state index contributed by atoms with van der Waals surface area (Å²) in [7, 11) is 0. The summed E-state index contributed by atoms with van der Waals surface area (Å²) in [6, 6.07) is 7.76. The highest BCUT2D eigenvalue weighted by molar-refractivity contribution is 5.91. The molecule has 3 aromatic rings. The molecule has 0 saturated carbocycles. The van der Waals surface area contributed by atoms with Crippen LogP contribution in [0.2, 0.25) is 0 Å². The molecule has 1 N–H and O–H groups in total. The van der Waals surface area contributed by atoms with Crippen LogP contribution >= 0.6 is 0 Å². The zero-order chi connectivity index (χ0) is 20.5. The number of anilines is 1. The third kappa shape index (κ3) is 4.21. The summed E-state index contributed by atoms with van der Waals surface area (Å²) in [6.45, 7) is 5.39. The molecule has 1 aromatic carbocycles. The number of hydrogen-bond acceptors (Lipinski definition) is 4. The number of carbonyl (C=O) groups excluding carboxylic acids is 1. The number of aryl methyl sites for hydroxylation is 2. The van der Waals surface area contributed by atoms with Crippen LogP contribution in [0.15, 0.2) is 36.7 Å². The molecule has 148 valence electrons. The first-order valence-corrected chi connectivity index (χ1v) is 8.53. The van der Waals surface area contributed by atoms with E-state index in [0.717, 1.165) is 21.9 Å². The second kappa shape index (κ2) is 7.45. The van der Waals surface area contributed by atoms with Crippen LogP contribution < -0.4 is 5.32 Å². The molecule has 0 saturated heterocycles. The lowest BCUT2D eigenvalue weighted by atomic mass is 10.1. The number of halogens is 3. The number of alkyl halides is 3. The maximum absolute atomic E-state index is 12.8. The molecule has 0 aliphatic heterocycles. The molecule has 7 nitrogen and oxygen atoms in total. The SMILES string of the molecule is Cc1ccccc1Cn1cnc(NC(=O)C(C)n2nc(C(F)(F)F)cc2C)n1. The van der Waals surface area contributed by atoms with Gasteiger partial charge in [-0.3, -0.25) is 14.8 Å². The highest BCUT2D eigenvalue weighted by atomic mass is 19.4. The molecule has 1 amide bonds. The number of nitrogens with zero attached hydrogens (tertiary/aromatic N) is 5. The predicted molar refractivity (Wildman–Crippen MR) is 95.6 cm³/mol. The van der Waals surface area contributed by atoms with Crippen molar-refractivity contribution >= 4 is 11.9 Å². The van der Waals surface area contributed by atoms with Gasteiger partial charge in [0.1, 0.15) is 12.4 Å². The molecular formula is C18H19F3N6O. The average molecular weight is 392 g/mol. The van der Waals surface area contributed by atoms with Crippen molar-refractivity contribution in [1.82, 2.24) is 24.5 Å². The summed E-state index contributed by atoms with van der Waals surface area (Å²) in [4.78, 5) is 16.4. The fourth-order valence-electron chi connectivity index (χ4n) is 2.73. The first-order valence-electron chi connectivity index (χ1n) is 8.53. The molecule has 28 heavy (non-hydrogen) atoms. The van der Waals surface area contributed by atoms with Crippen LogP contribution in [0.5, 0.6) is 0 Å². The number of rotatable bonds is 5. The maximum atomic E-state index is 12.8. The minimum atomic E-state index is -4.57. The first kappa shape index (κ1) is 19.6. The van der Waals surface area contributed by atoms with Crippen LogP contribution in [0.3, 0.4) is 0 Å². The lowest BCUT2D eigenvalue weighted by Gasteiger charge is -2.13. The molecule has 1 atom stereocenters. The quantitative estimate of drug-likeness (QED) is 0.722. The number of benzene rings is 1. The zero-order valence-corrected chi connectivity index (χ0v) is 15.5. The lowest BCUT2D eigenvalue weighted by Crippen LogP contribution is -2.26. The van der Waals surface area contributed by atoms with E-state index in [9.17, 15) is 18.0 Å². The second-order valence-electron chi connectivity index (χ2n) is 6.47. The van der Waals surface area contributed by atoms with Crippen LogP contribution in [-0.2, 0) is 17.5 Å². The Morgan fingerprint density at radius 1 is 1.21 bits per heavy atom. The first-order chi connectivity index (χ1) is 13.1. The Kier molecular flexibility index (Phi) is 5.21. The molecule has 3 rings (SSSR count). The van der Waals surface area contributed by atoms with Gasteiger partial charge < -0.3 is 0 Å². The molecule has 0 bridgehead atoms.